The Hall–Kier alpha value is -2.73. The number of hydrogen-bond donors (Lipinski definition) is 1. The van der Waals surface area contributed by atoms with E-state index in [0.29, 0.717) is 15.9 Å². The number of aromatic nitrogens is 1. The van der Waals surface area contributed by atoms with Gasteiger partial charge in [-0.25, -0.2) is 18.6 Å². The lowest BCUT2D eigenvalue weighted by Crippen LogP contribution is -2.43. The molecule has 158 valence electrons. The van der Waals surface area contributed by atoms with Crippen LogP contribution in [0.1, 0.15) is 37.8 Å². The number of benzene rings is 1. The van der Waals surface area contributed by atoms with Gasteiger partial charge in [0, 0.05) is 29.7 Å². The van der Waals surface area contributed by atoms with Crippen molar-refractivity contribution >= 4 is 27.8 Å². The number of nitrogens with one attached hydrogen (secondary N) is 1. The van der Waals surface area contributed by atoms with Crippen LogP contribution in [0, 0.1) is 23.0 Å². The number of carbonyl (C=O) groups is 1. The van der Waals surface area contributed by atoms with E-state index < -0.39 is 35.3 Å². The molecule has 1 fully saturated rings. The van der Waals surface area contributed by atoms with E-state index in [0.717, 1.165) is 18.2 Å². The van der Waals surface area contributed by atoms with Gasteiger partial charge in [0.15, 0.2) is 0 Å². The monoisotopic (exact) mass is 478 g/mol. The molecule has 3 rings (SSSR count). The Kier molecular flexibility index (Phi) is 6.27. The van der Waals surface area contributed by atoms with Crippen molar-refractivity contribution in [3.05, 3.63) is 57.7 Å². The summed E-state index contributed by atoms with van der Waals surface area (Å²) in [5, 5.41) is 12.2. The maximum absolute atomic E-state index is 14.5. The van der Waals surface area contributed by atoms with E-state index in [9.17, 15) is 18.8 Å². The van der Waals surface area contributed by atoms with Crippen LogP contribution in [0.3, 0.4) is 0 Å². The van der Waals surface area contributed by atoms with Crippen molar-refractivity contribution in [1.82, 2.24) is 10.3 Å². The van der Waals surface area contributed by atoms with Gasteiger partial charge in [-0.1, -0.05) is 0 Å². The number of pyridine rings is 1. The highest BCUT2D eigenvalue weighted by Crippen LogP contribution is 2.34. The Bertz CT molecular complexity index is 1000. The number of nitrogens with zero attached hydrogens (tertiary/aromatic N) is 3. The average molecular weight is 479 g/mol. The largest absolute Gasteiger partial charge is 0.444 e. The molecule has 0 aliphatic carbocycles. The van der Waals surface area contributed by atoms with Crippen LogP contribution in [-0.2, 0) is 4.74 Å². The van der Waals surface area contributed by atoms with Gasteiger partial charge in [-0.2, -0.15) is 5.26 Å². The normalized spacial score (nSPS) is 18.8. The van der Waals surface area contributed by atoms with Gasteiger partial charge in [0.1, 0.15) is 29.1 Å². The van der Waals surface area contributed by atoms with E-state index >= 15 is 0 Å². The molecule has 0 spiro atoms. The summed E-state index contributed by atoms with van der Waals surface area (Å²) < 4.78 is 34.4. The fraction of sp³-hybridized carbons (Fsp3) is 0.381. The first kappa shape index (κ1) is 22.0. The number of carbonyl (C=O) groups excluding carboxylic acids is 1. The van der Waals surface area contributed by atoms with E-state index in [1.165, 1.54) is 0 Å². The summed E-state index contributed by atoms with van der Waals surface area (Å²) >= 11 is 3.29. The van der Waals surface area contributed by atoms with E-state index in [1.807, 2.05) is 0 Å². The molecule has 1 aromatic heterocycles. The third-order valence-electron chi connectivity index (χ3n) is 4.63. The van der Waals surface area contributed by atoms with Crippen LogP contribution in [0.4, 0.5) is 19.4 Å². The quantitative estimate of drug-likeness (QED) is 0.702. The van der Waals surface area contributed by atoms with Gasteiger partial charge < -0.3 is 15.0 Å². The van der Waals surface area contributed by atoms with E-state index in [-0.39, 0.29) is 18.7 Å². The molecule has 1 aliphatic heterocycles. The molecule has 0 bridgehead atoms. The zero-order valence-electron chi connectivity index (χ0n) is 16.7. The zero-order valence-corrected chi connectivity index (χ0v) is 18.3. The summed E-state index contributed by atoms with van der Waals surface area (Å²) in [4.78, 5) is 18.5. The van der Waals surface area contributed by atoms with Gasteiger partial charge >= 0.3 is 6.09 Å². The molecule has 1 amide bonds. The van der Waals surface area contributed by atoms with Crippen LogP contribution in [-0.4, -0.2) is 35.8 Å². The van der Waals surface area contributed by atoms with Gasteiger partial charge in [0.25, 0.3) is 0 Å². The number of halogens is 3. The van der Waals surface area contributed by atoms with Crippen molar-refractivity contribution < 1.29 is 18.3 Å². The van der Waals surface area contributed by atoms with Gasteiger partial charge in [-0.3, -0.25) is 0 Å². The molecular weight excluding hydrogens is 458 g/mol. The van der Waals surface area contributed by atoms with E-state index in [2.05, 4.69) is 32.3 Å². The highest BCUT2D eigenvalue weighted by Gasteiger charge is 2.38. The molecule has 9 heteroatoms. The third kappa shape index (κ3) is 5.05. The first-order chi connectivity index (χ1) is 14.1. The average Bonchev–Trinajstić information content (AvgIpc) is 3.05. The van der Waals surface area contributed by atoms with Gasteiger partial charge in [0.05, 0.1) is 11.6 Å². The van der Waals surface area contributed by atoms with Crippen LogP contribution in [0.15, 0.2) is 34.9 Å². The Labute approximate surface area is 182 Å². The number of rotatable bonds is 3. The first-order valence-electron chi connectivity index (χ1n) is 9.32. The highest BCUT2D eigenvalue weighted by atomic mass is 79.9. The zero-order chi connectivity index (χ0) is 22.1. The minimum atomic E-state index is -0.705. The summed E-state index contributed by atoms with van der Waals surface area (Å²) in [6, 6.07) is 6.40. The number of anilines is 1. The minimum absolute atomic E-state index is 0.147. The topological polar surface area (TPSA) is 78.2 Å². The number of amides is 1. The maximum Gasteiger partial charge on any atom is 0.407 e. The molecule has 2 heterocycles. The molecule has 1 saturated heterocycles. The molecule has 1 aliphatic rings. The lowest BCUT2D eigenvalue weighted by Gasteiger charge is -2.24. The maximum atomic E-state index is 14.5. The second-order valence-electron chi connectivity index (χ2n) is 8.07. The van der Waals surface area contributed by atoms with Crippen molar-refractivity contribution in [2.45, 2.75) is 38.3 Å². The van der Waals surface area contributed by atoms with Gasteiger partial charge in [-0.05, 0) is 66.5 Å². The number of alkyl carbamates (subject to hydrolysis) is 1. The van der Waals surface area contributed by atoms with Crippen LogP contribution < -0.4 is 10.2 Å². The van der Waals surface area contributed by atoms with Crippen molar-refractivity contribution in [3.63, 3.8) is 0 Å². The van der Waals surface area contributed by atoms with Crippen molar-refractivity contribution in [3.8, 4) is 6.07 Å². The Balaban J connectivity index is 1.94. The Morgan fingerprint density at radius 2 is 2.07 bits per heavy atom. The van der Waals surface area contributed by atoms with Crippen LogP contribution in [0.25, 0.3) is 0 Å². The van der Waals surface area contributed by atoms with E-state index in [1.54, 1.807) is 37.9 Å². The molecule has 30 heavy (non-hydrogen) atoms. The van der Waals surface area contributed by atoms with Gasteiger partial charge in [0.2, 0.25) is 0 Å². The summed E-state index contributed by atoms with van der Waals surface area (Å²) in [5.41, 5.74) is -0.224. The second kappa shape index (κ2) is 8.56. The second-order valence-corrected chi connectivity index (χ2v) is 8.98. The summed E-state index contributed by atoms with van der Waals surface area (Å²) in [6.45, 7) is 5.71. The van der Waals surface area contributed by atoms with Crippen LogP contribution in [0.2, 0.25) is 0 Å². The lowest BCUT2D eigenvalue weighted by molar-refractivity contribution is 0.0504. The highest BCUT2D eigenvalue weighted by molar-refractivity contribution is 9.10. The predicted molar refractivity (Wildman–Crippen MR) is 111 cm³/mol. The Morgan fingerprint density at radius 3 is 2.73 bits per heavy atom. The van der Waals surface area contributed by atoms with Crippen molar-refractivity contribution in [2.24, 2.45) is 0 Å². The molecule has 0 radical (unpaired) electrons. The number of hydrogen-bond acceptors (Lipinski definition) is 5. The molecule has 6 nitrogen and oxygen atoms in total. The third-order valence-corrected chi connectivity index (χ3v) is 5.07. The first-order valence-corrected chi connectivity index (χ1v) is 10.1. The minimum Gasteiger partial charge on any atom is -0.444 e. The Morgan fingerprint density at radius 1 is 1.33 bits per heavy atom. The molecule has 1 N–H and O–H groups in total. The molecule has 1 aromatic carbocycles. The predicted octanol–water partition coefficient (Wildman–Crippen LogP) is 4.49. The standard InChI is InChI=1S/C21H21BrF2N4O2/c1-21(2,3)30-20(29)27-18-11-28(19-12(8-25)6-13(22)9-26-19)10-16(18)15-7-14(23)4-5-17(15)24/h4-7,9,16,18H,10-11H2,1-3H3,(H,27,29)/t16-,18+/m1/s1. The fourth-order valence-corrected chi connectivity index (χ4v) is 3.79. The fourth-order valence-electron chi connectivity index (χ4n) is 3.46. The molecule has 2 atom stereocenters. The molecular formula is C21H21BrF2N4O2. The van der Waals surface area contributed by atoms with Crippen LogP contribution >= 0.6 is 15.9 Å². The smallest absolute Gasteiger partial charge is 0.407 e. The van der Waals surface area contributed by atoms with Crippen molar-refractivity contribution in [2.75, 3.05) is 18.0 Å². The SMILES string of the molecule is CC(C)(C)OC(=O)N[C@H]1CN(c2ncc(Br)cc2C#N)C[C@@H]1c1cc(F)ccc1F. The van der Waals surface area contributed by atoms with E-state index in [4.69, 9.17) is 4.74 Å². The lowest BCUT2D eigenvalue weighted by atomic mass is 9.94. The summed E-state index contributed by atoms with van der Waals surface area (Å²) in [6.07, 6.45) is 0.906. The van der Waals surface area contributed by atoms with Crippen molar-refractivity contribution in [1.29, 1.82) is 5.26 Å². The number of ether oxygens (including phenoxy) is 1. The number of nitriles is 1. The molecule has 0 unspecified atom stereocenters. The summed E-state index contributed by atoms with van der Waals surface area (Å²) in [7, 11) is 0. The van der Waals surface area contributed by atoms with Gasteiger partial charge in [-0.15, -0.1) is 0 Å². The summed E-state index contributed by atoms with van der Waals surface area (Å²) in [5.74, 6) is -1.29. The molecule has 0 saturated carbocycles. The molecule has 2 aromatic rings. The van der Waals surface area contributed by atoms with Crippen LogP contribution in [0.5, 0.6) is 0 Å².